The van der Waals surface area contributed by atoms with Gasteiger partial charge in [-0.1, -0.05) is 66.7 Å². The molecule has 4 rings (SSSR count). The molecule has 1 fully saturated rings. The molecule has 3 aromatic rings. The van der Waals surface area contributed by atoms with Gasteiger partial charge >= 0.3 is 6.09 Å². The molecule has 1 saturated heterocycles. The number of hydrogen-bond donors (Lipinski definition) is 3. The quantitative estimate of drug-likeness (QED) is 0.265. The number of piperidine rings is 1. The summed E-state index contributed by atoms with van der Waals surface area (Å²) in [5, 5.41) is 9.50. The van der Waals surface area contributed by atoms with Gasteiger partial charge in [0, 0.05) is 42.8 Å². The number of alkyl carbamates (subject to hydrolysis) is 1. The Hall–Kier alpha value is -3.68. The normalized spacial score (nSPS) is 15.2. The Bertz CT molecular complexity index is 1280. The van der Waals surface area contributed by atoms with Crippen molar-refractivity contribution in [1.82, 2.24) is 15.5 Å². The predicted octanol–water partition coefficient (Wildman–Crippen LogP) is 6.52. The van der Waals surface area contributed by atoms with Gasteiger partial charge in [-0.05, 0) is 82.4 Å². The van der Waals surface area contributed by atoms with Crippen LogP contribution in [0.15, 0.2) is 78.9 Å². The third-order valence-corrected chi connectivity index (χ3v) is 7.24. The van der Waals surface area contributed by atoms with Gasteiger partial charge in [0.05, 0.1) is 0 Å². The molecule has 0 spiro atoms. The van der Waals surface area contributed by atoms with E-state index in [0.717, 1.165) is 49.3 Å². The van der Waals surface area contributed by atoms with Gasteiger partial charge in [-0.25, -0.2) is 4.79 Å². The number of nitrogens with zero attached hydrogens (tertiary/aromatic N) is 1. The minimum atomic E-state index is -0.576. The third-order valence-electron chi connectivity index (χ3n) is 7.24. The maximum absolute atomic E-state index is 12.7. The summed E-state index contributed by atoms with van der Waals surface area (Å²) in [6.07, 6.45) is 1.89. The van der Waals surface area contributed by atoms with Gasteiger partial charge in [-0.3, -0.25) is 9.69 Å². The summed E-state index contributed by atoms with van der Waals surface area (Å²) in [5.74, 6) is -0.168. The first-order chi connectivity index (χ1) is 19.7. The zero-order valence-corrected chi connectivity index (χ0v) is 24.8. The lowest BCUT2D eigenvalue weighted by Crippen LogP contribution is -2.42. The van der Waals surface area contributed by atoms with Crippen LogP contribution in [0.5, 0.6) is 0 Å². The van der Waals surface area contributed by atoms with Crippen LogP contribution < -0.4 is 16.0 Å². The lowest BCUT2D eigenvalue weighted by atomic mass is 9.97. The van der Waals surface area contributed by atoms with E-state index < -0.39 is 11.7 Å². The highest BCUT2D eigenvalue weighted by Gasteiger charge is 2.21. The molecule has 1 atom stereocenters. The fourth-order valence-electron chi connectivity index (χ4n) is 5.17. The molecule has 1 aliphatic heterocycles. The van der Waals surface area contributed by atoms with Gasteiger partial charge in [0.15, 0.2) is 0 Å². The largest absolute Gasteiger partial charge is 0.444 e. The van der Waals surface area contributed by atoms with Crippen LogP contribution >= 0.6 is 0 Å². The first-order valence-electron chi connectivity index (χ1n) is 14.6. The van der Waals surface area contributed by atoms with E-state index in [0.29, 0.717) is 6.04 Å². The van der Waals surface area contributed by atoms with E-state index in [-0.39, 0.29) is 24.9 Å². The van der Waals surface area contributed by atoms with Crippen LogP contribution in [0, 0.1) is 0 Å². The molecule has 3 aromatic carbocycles. The zero-order chi connectivity index (χ0) is 29.2. The van der Waals surface area contributed by atoms with E-state index in [9.17, 15) is 9.59 Å². The van der Waals surface area contributed by atoms with Gasteiger partial charge in [-0.15, -0.1) is 0 Å². The van der Waals surface area contributed by atoms with Crippen molar-refractivity contribution < 1.29 is 14.3 Å². The van der Waals surface area contributed by atoms with Gasteiger partial charge in [0.1, 0.15) is 5.60 Å². The maximum Gasteiger partial charge on any atom is 0.407 e. The molecule has 3 N–H and O–H groups in total. The number of carbonyl (C=O) groups is 2. The second-order valence-corrected chi connectivity index (χ2v) is 11.8. The number of likely N-dealkylation sites (tertiary alicyclic amines) is 1. The fraction of sp³-hybridized carbons (Fsp3) is 0.412. The number of anilines is 1. The molecule has 1 unspecified atom stereocenters. The molecule has 1 heterocycles. The van der Waals surface area contributed by atoms with Crippen molar-refractivity contribution in [3.63, 3.8) is 0 Å². The highest BCUT2D eigenvalue weighted by Crippen LogP contribution is 2.30. The molecular formula is C34H44N4O3. The lowest BCUT2D eigenvalue weighted by Gasteiger charge is -2.34. The topological polar surface area (TPSA) is 82.7 Å². The zero-order valence-electron chi connectivity index (χ0n) is 24.8. The maximum atomic E-state index is 12.7. The highest BCUT2D eigenvalue weighted by molar-refractivity contribution is 5.95. The number of ether oxygens (including phenoxy) is 1. The van der Waals surface area contributed by atoms with Crippen molar-refractivity contribution in [3.8, 4) is 11.1 Å². The molecule has 0 radical (unpaired) electrons. The molecule has 0 saturated carbocycles. The van der Waals surface area contributed by atoms with Gasteiger partial charge < -0.3 is 20.7 Å². The van der Waals surface area contributed by atoms with E-state index in [4.69, 9.17) is 4.74 Å². The highest BCUT2D eigenvalue weighted by atomic mass is 16.6. The van der Waals surface area contributed by atoms with Crippen LogP contribution in [-0.2, 0) is 16.1 Å². The number of nitrogens with one attached hydrogen (secondary N) is 3. The lowest BCUT2D eigenvalue weighted by molar-refractivity contribution is -0.116. The summed E-state index contributed by atoms with van der Waals surface area (Å²) in [6, 6.07) is 27.7. The Morgan fingerprint density at radius 2 is 1.66 bits per heavy atom. The molecule has 41 heavy (non-hydrogen) atoms. The van der Waals surface area contributed by atoms with Crippen LogP contribution in [0.3, 0.4) is 0 Å². The van der Waals surface area contributed by atoms with Gasteiger partial charge in [0.25, 0.3) is 0 Å². The Balaban J connectivity index is 1.30. The summed E-state index contributed by atoms with van der Waals surface area (Å²) in [4.78, 5) is 27.1. The summed E-state index contributed by atoms with van der Waals surface area (Å²) in [6.45, 7) is 11.0. The monoisotopic (exact) mass is 556 g/mol. The molecule has 7 nitrogen and oxygen atoms in total. The fourth-order valence-corrected chi connectivity index (χ4v) is 5.17. The third kappa shape index (κ3) is 9.73. The van der Waals surface area contributed by atoms with Crippen LogP contribution in [0.4, 0.5) is 10.5 Å². The van der Waals surface area contributed by atoms with Gasteiger partial charge in [-0.2, -0.15) is 0 Å². The Morgan fingerprint density at radius 1 is 0.951 bits per heavy atom. The predicted molar refractivity (Wildman–Crippen MR) is 166 cm³/mol. The number of carbonyl (C=O) groups excluding carboxylic acids is 2. The first kappa shape index (κ1) is 30.3. The summed E-state index contributed by atoms with van der Waals surface area (Å²) < 4.78 is 5.23. The standard InChI is InChI=1S/C34H44N4O3/c1-25(36-29-18-21-38(22-19-29)24-26-11-6-5-7-12-26)27-13-10-14-28(23-27)30-15-8-9-16-31(30)37-32(39)17-20-35-33(40)41-34(2,3)4/h5-16,23,25,29,36H,17-22,24H2,1-4H3,(H,35,40)(H,37,39). The van der Waals surface area contributed by atoms with Crippen LogP contribution in [0.2, 0.25) is 0 Å². The van der Waals surface area contributed by atoms with Gasteiger partial charge in [0.2, 0.25) is 5.91 Å². The number of amides is 2. The van der Waals surface area contributed by atoms with E-state index in [2.05, 4.69) is 82.4 Å². The Labute approximate surface area is 244 Å². The molecule has 7 heteroatoms. The minimum Gasteiger partial charge on any atom is -0.444 e. The number of rotatable bonds is 10. The van der Waals surface area contributed by atoms with Crippen LogP contribution in [0.1, 0.15) is 64.1 Å². The van der Waals surface area contributed by atoms with Crippen LogP contribution in [-0.4, -0.2) is 48.2 Å². The average molecular weight is 557 g/mol. The number of para-hydroxylation sites is 1. The Kier molecular flexibility index (Phi) is 10.6. The smallest absolute Gasteiger partial charge is 0.407 e. The minimum absolute atomic E-state index is 0.152. The molecule has 0 bridgehead atoms. The second-order valence-electron chi connectivity index (χ2n) is 11.8. The molecular weight excluding hydrogens is 512 g/mol. The number of hydrogen-bond acceptors (Lipinski definition) is 5. The SMILES string of the molecule is CC(NC1CCN(Cc2ccccc2)CC1)c1cccc(-c2ccccc2NC(=O)CCNC(=O)OC(C)(C)C)c1. The summed E-state index contributed by atoms with van der Waals surface area (Å²) in [5.41, 5.74) is 4.78. The summed E-state index contributed by atoms with van der Waals surface area (Å²) >= 11 is 0. The van der Waals surface area contributed by atoms with E-state index in [1.807, 2.05) is 24.3 Å². The van der Waals surface area contributed by atoms with Crippen molar-refractivity contribution in [2.45, 2.75) is 71.2 Å². The molecule has 2 amide bonds. The average Bonchev–Trinajstić information content (AvgIpc) is 2.94. The summed E-state index contributed by atoms with van der Waals surface area (Å²) in [7, 11) is 0. The van der Waals surface area contributed by atoms with E-state index >= 15 is 0 Å². The van der Waals surface area contributed by atoms with E-state index in [1.54, 1.807) is 20.8 Å². The molecule has 0 aromatic heterocycles. The molecule has 1 aliphatic rings. The van der Waals surface area contributed by atoms with Crippen molar-refractivity contribution in [3.05, 3.63) is 90.0 Å². The van der Waals surface area contributed by atoms with Crippen molar-refractivity contribution >= 4 is 17.7 Å². The molecule has 0 aliphatic carbocycles. The van der Waals surface area contributed by atoms with Crippen LogP contribution in [0.25, 0.3) is 11.1 Å². The molecule has 218 valence electrons. The van der Waals surface area contributed by atoms with Crippen molar-refractivity contribution in [2.24, 2.45) is 0 Å². The van der Waals surface area contributed by atoms with Crippen molar-refractivity contribution in [1.29, 1.82) is 0 Å². The number of benzene rings is 3. The van der Waals surface area contributed by atoms with Crippen molar-refractivity contribution in [2.75, 3.05) is 25.0 Å². The van der Waals surface area contributed by atoms with E-state index in [1.165, 1.54) is 11.1 Å². The first-order valence-corrected chi connectivity index (χ1v) is 14.6. The Morgan fingerprint density at radius 3 is 2.39 bits per heavy atom. The second kappa shape index (κ2) is 14.3.